The Morgan fingerprint density at radius 1 is 0.889 bits per heavy atom. The summed E-state index contributed by atoms with van der Waals surface area (Å²) in [4.78, 5) is 26.6. The predicted molar refractivity (Wildman–Crippen MR) is 110 cm³/mol. The molecule has 2 N–H and O–H groups in total. The summed E-state index contributed by atoms with van der Waals surface area (Å²) >= 11 is 0. The first-order chi connectivity index (χ1) is 13.0. The van der Waals surface area contributed by atoms with Crippen molar-refractivity contribution in [2.45, 2.75) is 33.1 Å². The van der Waals surface area contributed by atoms with E-state index < -0.39 is 11.8 Å². The molecule has 3 rings (SSSR count). The normalized spacial score (nSPS) is 14.7. The number of anilines is 3. The van der Waals surface area contributed by atoms with E-state index >= 15 is 0 Å². The van der Waals surface area contributed by atoms with Gasteiger partial charge in [-0.1, -0.05) is 26.0 Å². The van der Waals surface area contributed by atoms with Crippen LogP contribution in [0.3, 0.4) is 0 Å². The van der Waals surface area contributed by atoms with Gasteiger partial charge in [0.2, 0.25) is 0 Å². The SMILES string of the molecule is CCc1ccc(NC(=O)C(=O)Nc2ccc(N3CCC(C)CC3)cc2)cc1. The minimum absolute atomic E-state index is 0.613. The monoisotopic (exact) mass is 365 g/mol. The predicted octanol–water partition coefficient (Wildman–Crippen LogP) is 4.06. The maximum Gasteiger partial charge on any atom is 0.314 e. The number of nitrogens with zero attached hydrogens (tertiary/aromatic N) is 1. The molecule has 5 nitrogen and oxygen atoms in total. The van der Waals surface area contributed by atoms with Crippen LogP contribution in [0.5, 0.6) is 0 Å². The van der Waals surface area contributed by atoms with Gasteiger partial charge in [-0.2, -0.15) is 0 Å². The smallest absolute Gasteiger partial charge is 0.314 e. The molecule has 0 spiro atoms. The molecule has 0 aromatic heterocycles. The van der Waals surface area contributed by atoms with Gasteiger partial charge in [-0.15, -0.1) is 0 Å². The Labute approximate surface area is 160 Å². The van der Waals surface area contributed by atoms with Crippen molar-refractivity contribution in [1.82, 2.24) is 0 Å². The second-order valence-electron chi connectivity index (χ2n) is 7.18. The summed E-state index contributed by atoms with van der Waals surface area (Å²) in [7, 11) is 0. The molecule has 0 unspecified atom stereocenters. The largest absolute Gasteiger partial charge is 0.372 e. The number of aryl methyl sites for hydroxylation is 1. The number of nitrogens with one attached hydrogen (secondary N) is 2. The highest BCUT2D eigenvalue weighted by molar-refractivity contribution is 6.43. The standard InChI is InChI=1S/C22H27N3O2/c1-3-17-4-6-18(7-5-17)23-21(26)22(27)24-19-8-10-20(11-9-19)25-14-12-16(2)13-15-25/h4-11,16H,3,12-15H2,1-2H3,(H,23,26)(H,24,27). The summed E-state index contributed by atoms with van der Waals surface area (Å²) in [6.07, 6.45) is 3.34. The Bertz CT molecular complexity index is 776. The number of rotatable bonds is 4. The zero-order valence-electron chi connectivity index (χ0n) is 16.0. The fraction of sp³-hybridized carbons (Fsp3) is 0.364. The highest BCUT2D eigenvalue weighted by Gasteiger charge is 2.17. The zero-order chi connectivity index (χ0) is 19.2. The molecule has 0 atom stereocenters. The van der Waals surface area contributed by atoms with E-state index in [2.05, 4.69) is 29.4 Å². The van der Waals surface area contributed by atoms with Crippen molar-refractivity contribution >= 4 is 28.9 Å². The number of hydrogen-bond acceptors (Lipinski definition) is 3. The number of carbonyl (C=O) groups excluding carboxylic acids is 2. The van der Waals surface area contributed by atoms with Crippen LogP contribution in [0.2, 0.25) is 0 Å². The van der Waals surface area contributed by atoms with Crippen molar-refractivity contribution in [2.24, 2.45) is 5.92 Å². The third-order valence-electron chi connectivity index (χ3n) is 5.10. The maximum absolute atomic E-state index is 12.1. The highest BCUT2D eigenvalue weighted by Crippen LogP contribution is 2.24. The van der Waals surface area contributed by atoms with E-state index in [-0.39, 0.29) is 0 Å². The Balaban J connectivity index is 1.54. The first kappa shape index (κ1) is 19.0. The maximum atomic E-state index is 12.1. The van der Waals surface area contributed by atoms with Crippen molar-refractivity contribution in [3.63, 3.8) is 0 Å². The molecule has 5 heteroatoms. The van der Waals surface area contributed by atoms with Crippen LogP contribution in [0.1, 0.15) is 32.3 Å². The lowest BCUT2D eigenvalue weighted by Crippen LogP contribution is -2.32. The number of hydrogen-bond donors (Lipinski definition) is 2. The molecular weight excluding hydrogens is 338 g/mol. The molecule has 2 aromatic carbocycles. The minimum Gasteiger partial charge on any atom is -0.372 e. The van der Waals surface area contributed by atoms with Crippen LogP contribution in [-0.4, -0.2) is 24.9 Å². The summed E-state index contributed by atoms with van der Waals surface area (Å²) in [6, 6.07) is 15.2. The number of carbonyl (C=O) groups is 2. The van der Waals surface area contributed by atoms with Gasteiger partial charge >= 0.3 is 11.8 Å². The average molecular weight is 365 g/mol. The fourth-order valence-electron chi connectivity index (χ4n) is 3.22. The molecule has 2 amide bonds. The van der Waals surface area contributed by atoms with E-state index in [9.17, 15) is 9.59 Å². The van der Waals surface area contributed by atoms with Gasteiger partial charge in [-0.25, -0.2) is 0 Å². The summed E-state index contributed by atoms with van der Waals surface area (Å²) in [5, 5.41) is 5.27. The number of amides is 2. The Hall–Kier alpha value is -2.82. The first-order valence-corrected chi connectivity index (χ1v) is 9.61. The van der Waals surface area contributed by atoms with Gasteiger partial charge in [0.05, 0.1) is 0 Å². The lowest BCUT2D eigenvalue weighted by molar-refractivity contribution is -0.132. The summed E-state index contributed by atoms with van der Waals surface area (Å²) in [5.74, 6) is -0.557. The average Bonchev–Trinajstić information content (AvgIpc) is 2.70. The highest BCUT2D eigenvalue weighted by atomic mass is 16.2. The van der Waals surface area contributed by atoms with Gasteiger partial charge in [0, 0.05) is 30.2 Å². The van der Waals surface area contributed by atoms with Crippen LogP contribution >= 0.6 is 0 Å². The van der Waals surface area contributed by atoms with Gasteiger partial charge in [-0.05, 0) is 67.1 Å². The number of benzene rings is 2. The van der Waals surface area contributed by atoms with Crippen molar-refractivity contribution in [2.75, 3.05) is 28.6 Å². The van der Waals surface area contributed by atoms with Gasteiger partial charge in [0.25, 0.3) is 0 Å². The molecule has 1 aliphatic heterocycles. The molecule has 0 radical (unpaired) electrons. The number of piperidine rings is 1. The summed E-state index contributed by atoms with van der Waals surface area (Å²) in [5.41, 5.74) is 3.56. The molecule has 2 aromatic rings. The molecule has 27 heavy (non-hydrogen) atoms. The van der Waals surface area contributed by atoms with Crippen molar-refractivity contribution in [3.05, 3.63) is 54.1 Å². The lowest BCUT2D eigenvalue weighted by Gasteiger charge is -2.32. The molecule has 142 valence electrons. The molecular formula is C22H27N3O2. The quantitative estimate of drug-likeness (QED) is 0.803. The van der Waals surface area contributed by atoms with Gasteiger partial charge < -0.3 is 15.5 Å². The van der Waals surface area contributed by atoms with E-state index in [1.54, 1.807) is 12.1 Å². The molecule has 0 bridgehead atoms. The molecule has 1 aliphatic rings. The van der Waals surface area contributed by atoms with Crippen LogP contribution < -0.4 is 15.5 Å². The minimum atomic E-state index is -0.673. The fourth-order valence-corrected chi connectivity index (χ4v) is 3.22. The second-order valence-corrected chi connectivity index (χ2v) is 7.18. The Morgan fingerprint density at radius 3 is 1.85 bits per heavy atom. The third kappa shape index (κ3) is 5.09. The van der Waals surface area contributed by atoms with Gasteiger partial charge in [0.15, 0.2) is 0 Å². The lowest BCUT2D eigenvalue weighted by atomic mass is 9.99. The summed E-state index contributed by atoms with van der Waals surface area (Å²) in [6.45, 7) is 6.48. The van der Waals surface area contributed by atoms with Crippen LogP contribution in [0, 0.1) is 5.92 Å². The van der Waals surface area contributed by atoms with Crippen molar-refractivity contribution in [1.29, 1.82) is 0 Å². The Morgan fingerprint density at radius 2 is 1.37 bits per heavy atom. The first-order valence-electron chi connectivity index (χ1n) is 9.61. The van der Waals surface area contributed by atoms with E-state index in [0.29, 0.717) is 11.4 Å². The van der Waals surface area contributed by atoms with E-state index in [1.165, 1.54) is 18.4 Å². The van der Waals surface area contributed by atoms with Crippen LogP contribution in [0.4, 0.5) is 17.1 Å². The van der Waals surface area contributed by atoms with E-state index in [0.717, 1.165) is 31.1 Å². The van der Waals surface area contributed by atoms with Crippen molar-refractivity contribution < 1.29 is 9.59 Å². The topological polar surface area (TPSA) is 61.4 Å². The van der Waals surface area contributed by atoms with Gasteiger partial charge in [-0.3, -0.25) is 9.59 Å². The van der Waals surface area contributed by atoms with Gasteiger partial charge in [0.1, 0.15) is 0 Å². The van der Waals surface area contributed by atoms with Crippen LogP contribution in [-0.2, 0) is 16.0 Å². The Kier molecular flexibility index (Phi) is 6.12. The van der Waals surface area contributed by atoms with Crippen molar-refractivity contribution in [3.8, 4) is 0 Å². The molecule has 1 fully saturated rings. The zero-order valence-corrected chi connectivity index (χ0v) is 16.0. The third-order valence-corrected chi connectivity index (χ3v) is 5.10. The molecule has 0 saturated carbocycles. The second kappa shape index (κ2) is 8.71. The van der Waals surface area contributed by atoms with E-state index in [1.807, 2.05) is 36.4 Å². The molecule has 0 aliphatic carbocycles. The van der Waals surface area contributed by atoms with Crippen LogP contribution in [0.25, 0.3) is 0 Å². The molecule has 1 saturated heterocycles. The van der Waals surface area contributed by atoms with E-state index in [4.69, 9.17) is 0 Å². The van der Waals surface area contributed by atoms with Crippen LogP contribution in [0.15, 0.2) is 48.5 Å². The summed E-state index contributed by atoms with van der Waals surface area (Å²) < 4.78 is 0. The molecule has 1 heterocycles.